The first-order valence-corrected chi connectivity index (χ1v) is 2.85. The average molecular weight is 218 g/mol. The van der Waals surface area contributed by atoms with Crippen LogP contribution in [-0.2, 0) is 0 Å². The molecule has 1 rings (SSSR count). The Morgan fingerprint density at radius 2 is 2.09 bits per heavy atom. The number of aromatic carboxylic acids is 1. The summed E-state index contributed by atoms with van der Waals surface area (Å²) in [5.74, 6) is -0.912. The number of carboxylic acid groups (broad SMARTS) is 1. The Bertz CT molecular complexity index is 262. The highest BCUT2D eigenvalue weighted by molar-refractivity contribution is 5.88. The van der Waals surface area contributed by atoms with Gasteiger partial charge in [0.15, 0.2) is 0 Å². The van der Waals surface area contributed by atoms with Crippen molar-refractivity contribution in [3.63, 3.8) is 0 Å². The molecular formula is C7H8BrNO2. The third-order valence-corrected chi connectivity index (χ3v) is 1.17. The van der Waals surface area contributed by atoms with Crippen molar-refractivity contribution in [2.45, 2.75) is 0 Å². The first-order chi connectivity index (χ1) is 4.70. The predicted octanol–water partition coefficient (Wildman–Crippen LogP) is -2.74. The van der Waals surface area contributed by atoms with Crippen molar-refractivity contribution in [2.24, 2.45) is 0 Å². The largest absolute Gasteiger partial charge is 1.00 e. The van der Waals surface area contributed by atoms with Gasteiger partial charge in [-0.05, 0) is 12.1 Å². The fourth-order valence-corrected chi connectivity index (χ4v) is 0.704. The smallest absolute Gasteiger partial charge is 0.335 e. The zero-order chi connectivity index (χ0) is 7.56. The monoisotopic (exact) mass is 217 g/mol. The van der Waals surface area contributed by atoms with E-state index < -0.39 is 5.97 Å². The lowest BCUT2D eigenvalue weighted by Gasteiger charge is -1.91. The standard InChI is InChI=1S/C7H7NO2.BrH/c8-6-3-1-2-5(4-6)7(9)10;/h1-4H,8H2,(H,9,10);1H. The van der Waals surface area contributed by atoms with Gasteiger partial charge in [-0.3, -0.25) is 0 Å². The lowest BCUT2D eigenvalue weighted by Crippen LogP contribution is -3.00. The molecule has 0 aromatic heterocycles. The topological polar surface area (TPSA) is 64.9 Å². The summed E-state index contributed by atoms with van der Waals surface area (Å²) < 4.78 is 0. The van der Waals surface area contributed by atoms with Crippen molar-refractivity contribution < 1.29 is 32.6 Å². The van der Waals surface area contributed by atoms with Gasteiger partial charge in [-0.15, -0.1) is 0 Å². The molecule has 0 spiro atoms. The number of carboxylic acids is 1. The number of halogens is 1. The molecule has 60 valence electrons. The van der Waals surface area contributed by atoms with Crippen LogP contribution in [0.2, 0.25) is 0 Å². The van der Waals surface area contributed by atoms with E-state index in [0.717, 1.165) is 5.69 Å². The highest BCUT2D eigenvalue weighted by Gasteiger charge is 2.01. The van der Waals surface area contributed by atoms with E-state index in [1.807, 2.05) is 0 Å². The van der Waals surface area contributed by atoms with Gasteiger partial charge in [0, 0.05) is 6.07 Å². The van der Waals surface area contributed by atoms with Crippen LogP contribution in [-0.4, -0.2) is 11.1 Å². The summed E-state index contributed by atoms with van der Waals surface area (Å²) in [4.78, 5) is 10.3. The maximum atomic E-state index is 10.3. The Kier molecular flexibility index (Phi) is 3.78. The molecule has 0 radical (unpaired) electrons. The second kappa shape index (κ2) is 4.10. The molecule has 0 atom stereocenters. The Balaban J connectivity index is 0.000001000. The molecule has 1 aromatic carbocycles. The van der Waals surface area contributed by atoms with Crippen LogP contribution in [0.5, 0.6) is 0 Å². The number of carbonyl (C=O) groups is 1. The Labute approximate surface area is 74.6 Å². The van der Waals surface area contributed by atoms with Crippen LogP contribution in [0.4, 0.5) is 5.69 Å². The molecule has 3 nitrogen and oxygen atoms in total. The van der Waals surface area contributed by atoms with Crippen LogP contribution >= 0.6 is 0 Å². The molecule has 0 heterocycles. The minimum Gasteiger partial charge on any atom is -1.00 e. The summed E-state index contributed by atoms with van der Waals surface area (Å²) in [5.41, 5.74) is 4.61. The van der Waals surface area contributed by atoms with Gasteiger partial charge >= 0.3 is 5.97 Å². The van der Waals surface area contributed by atoms with Crippen molar-refractivity contribution in [1.82, 2.24) is 0 Å². The number of benzene rings is 1. The number of rotatable bonds is 1. The summed E-state index contributed by atoms with van der Waals surface area (Å²) in [5, 5.41) is 8.48. The molecule has 0 amide bonds. The SMILES string of the molecule is [Br-].[NH3+]c1cccc(C(=O)O)c1. The van der Waals surface area contributed by atoms with E-state index in [1.165, 1.54) is 12.1 Å². The van der Waals surface area contributed by atoms with Crippen molar-refractivity contribution in [3.05, 3.63) is 29.8 Å². The molecule has 0 aliphatic carbocycles. The van der Waals surface area contributed by atoms with Crippen molar-refractivity contribution in [2.75, 3.05) is 0 Å². The molecule has 0 aliphatic rings. The first-order valence-electron chi connectivity index (χ1n) is 2.85. The highest BCUT2D eigenvalue weighted by Crippen LogP contribution is 2.03. The van der Waals surface area contributed by atoms with Crippen LogP contribution in [0, 0.1) is 0 Å². The Hall–Kier alpha value is -0.870. The third-order valence-electron chi connectivity index (χ3n) is 1.17. The van der Waals surface area contributed by atoms with E-state index in [9.17, 15) is 4.79 Å². The van der Waals surface area contributed by atoms with Gasteiger partial charge in [0.05, 0.1) is 5.56 Å². The summed E-state index contributed by atoms with van der Waals surface area (Å²) in [6.07, 6.45) is 0. The van der Waals surface area contributed by atoms with Crippen LogP contribution in [0.15, 0.2) is 24.3 Å². The van der Waals surface area contributed by atoms with E-state index in [2.05, 4.69) is 5.73 Å². The third kappa shape index (κ3) is 2.69. The van der Waals surface area contributed by atoms with Gasteiger partial charge in [-0.2, -0.15) is 0 Å². The highest BCUT2D eigenvalue weighted by atomic mass is 79.9. The minimum atomic E-state index is -0.912. The molecule has 0 unspecified atom stereocenters. The average Bonchev–Trinajstić information content (AvgIpc) is 1.88. The molecule has 4 heteroatoms. The molecule has 0 saturated carbocycles. The summed E-state index contributed by atoms with van der Waals surface area (Å²) in [6, 6.07) is 6.50. The van der Waals surface area contributed by atoms with E-state index >= 15 is 0 Å². The summed E-state index contributed by atoms with van der Waals surface area (Å²) in [6.45, 7) is 0. The van der Waals surface area contributed by atoms with Gasteiger partial charge in [0.25, 0.3) is 0 Å². The second-order valence-electron chi connectivity index (χ2n) is 2.01. The van der Waals surface area contributed by atoms with Gasteiger partial charge in [-0.1, -0.05) is 6.07 Å². The molecule has 0 saturated heterocycles. The maximum absolute atomic E-state index is 10.3. The van der Waals surface area contributed by atoms with E-state index in [1.54, 1.807) is 12.1 Å². The summed E-state index contributed by atoms with van der Waals surface area (Å²) >= 11 is 0. The first kappa shape index (κ1) is 10.1. The maximum Gasteiger partial charge on any atom is 0.335 e. The molecule has 11 heavy (non-hydrogen) atoms. The number of hydrogen-bond acceptors (Lipinski definition) is 1. The number of hydrogen-bond donors (Lipinski definition) is 2. The quantitative estimate of drug-likeness (QED) is 0.537. The minimum absolute atomic E-state index is 0. The zero-order valence-corrected chi connectivity index (χ0v) is 7.34. The lowest BCUT2D eigenvalue weighted by molar-refractivity contribution is -0.254. The molecule has 1 aromatic rings. The van der Waals surface area contributed by atoms with E-state index in [0.29, 0.717) is 0 Å². The normalized spacial score (nSPS) is 8.45. The van der Waals surface area contributed by atoms with Crippen LogP contribution < -0.4 is 22.7 Å². The second-order valence-corrected chi connectivity index (χ2v) is 2.01. The molecule has 4 N–H and O–H groups in total. The Morgan fingerprint density at radius 1 is 1.45 bits per heavy atom. The molecular weight excluding hydrogens is 210 g/mol. The van der Waals surface area contributed by atoms with Crippen LogP contribution in [0.25, 0.3) is 0 Å². The van der Waals surface area contributed by atoms with E-state index in [-0.39, 0.29) is 22.5 Å². The fraction of sp³-hybridized carbons (Fsp3) is 0. The fourth-order valence-electron chi connectivity index (χ4n) is 0.704. The van der Waals surface area contributed by atoms with Gasteiger partial charge in [0.2, 0.25) is 0 Å². The van der Waals surface area contributed by atoms with Gasteiger partial charge in [0.1, 0.15) is 5.69 Å². The van der Waals surface area contributed by atoms with E-state index in [4.69, 9.17) is 5.11 Å². The molecule has 0 fully saturated rings. The van der Waals surface area contributed by atoms with Crippen molar-refractivity contribution >= 4 is 11.7 Å². The van der Waals surface area contributed by atoms with Crippen molar-refractivity contribution in [1.29, 1.82) is 0 Å². The van der Waals surface area contributed by atoms with Gasteiger partial charge in [-0.25, -0.2) is 4.79 Å². The zero-order valence-electron chi connectivity index (χ0n) is 5.75. The summed E-state index contributed by atoms with van der Waals surface area (Å²) in [7, 11) is 0. The Morgan fingerprint density at radius 3 is 2.45 bits per heavy atom. The predicted molar refractivity (Wildman–Crippen MR) is 35.9 cm³/mol. The molecule has 0 aliphatic heterocycles. The van der Waals surface area contributed by atoms with Crippen LogP contribution in [0.3, 0.4) is 0 Å². The van der Waals surface area contributed by atoms with Gasteiger partial charge < -0.3 is 27.8 Å². The lowest BCUT2D eigenvalue weighted by atomic mass is 10.2. The number of quaternary nitrogens is 1. The van der Waals surface area contributed by atoms with Crippen LogP contribution in [0.1, 0.15) is 10.4 Å². The van der Waals surface area contributed by atoms with Crippen molar-refractivity contribution in [3.8, 4) is 0 Å². The molecule has 0 bridgehead atoms.